The summed E-state index contributed by atoms with van der Waals surface area (Å²) in [6.07, 6.45) is 3.75. The summed E-state index contributed by atoms with van der Waals surface area (Å²) in [6, 6.07) is 11.0. The van der Waals surface area contributed by atoms with Gasteiger partial charge >= 0.3 is 0 Å². The highest BCUT2D eigenvalue weighted by Crippen LogP contribution is 2.31. The van der Waals surface area contributed by atoms with Crippen LogP contribution < -0.4 is 5.32 Å². The van der Waals surface area contributed by atoms with E-state index in [1.807, 2.05) is 6.07 Å². The van der Waals surface area contributed by atoms with Gasteiger partial charge in [0.2, 0.25) is 0 Å². The molecule has 0 spiro atoms. The molecule has 1 aromatic heterocycles. The molecule has 0 radical (unpaired) electrons. The summed E-state index contributed by atoms with van der Waals surface area (Å²) in [7, 11) is 2.08. The van der Waals surface area contributed by atoms with Crippen molar-refractivity contribution in [2.75, 3.05) is 12.8 Å². The maximum atomic E-state index is 4.81. The van der Waals surface area contributed by atoms with Gasteiger partial charge in [0, 0.05) is 28.7 Å². The Balaban J connectivity index is 1.70. The van der Waals surface area contributed by atoms with E-state index in [2.05, 4.69) is 53.8 Å². The Morgan fingerprint density at radius 2 is 2.20 bits per heavy atom. The zero-order valence-corrected chi connectivity index (χ0v) is 13.3. The van der Waals surface area contributed by atoms with Gasteiger partial charge in [-0.2, -0.15) is 11.8 Å². The van der Waals surface area contributed by atoms with Gasteiger partial charge in [0.15, 0.2) is 0 Å². The van der Waals surface area contributed by atoms with Gasteiger partial charge in [-0.05, 0) is 25.6 Å². The molecule has 1 aliphatic heterocycles. The zero-order valence-electron chi connectivity index (χ0n) is 11.7. The number of hydrogen-bond acceptors (Lipinski definition) is 4. The lowest BCUT2D eigenvalue weighted by atomic mass is 10.1. The van der Waals surface area contributed by atoms with Gasteiger partial charge < -0.3 is 5.32 Å². The lowest BCUT2D eigenvalue weighted by Crippen LogP contribution is -2.36. The minimum atomic E-state index is 0.553. The fourth-order valence-corrected chi connectivity index (χ4v) is 4.97. The van der Waals surface area contributed by atoms with Crippen LogP contribution in [0.2, 0.25) is 0 Å². The third-order valence-electron chi connectivity index (χ3n) is 3.80. The summed E-state index contributed by atoms with van der Waals surface area (Å²) in [6.45, 7) is 0. The molecule has 2 heterocycles. The van der Waals surface area contributed by atoms with Gasteiger partial charge in [0.1, 0.15) is 0 Å². The maximum Gasteiger partial charge on any atom is 0.0948 e. The average molecular weight is 304 g/mol. The van der Waals surface area contributed by atoms with Gasteiger partial charge in [0.05, 0.1) is 10.7 Å². The van der Waals surface area contributed by atoms with Crippen LogP contribution in [0.15, 0.2) is 35.7 Å². The number of benzene rings is 1. The third kappa shape index (κ3) is 3.25. The molecule has 1 fully saturated rings. The molecule has 0 aliphatic carbocycles. The molecule has 2 nitrogen and oxygen atoms in total. The number of nitrogens with one attached hydrogen (secondary N) is 1. The lowest BCUT2D eigenvalue weighted by molar-refractivity contribution is 0.523. The molecule has 0 amide bonds. The van der Waals surface area contributed by atoms with E-state index in [4.69, 9.17) is 4.98 Å². The van der Waals surface area contributed by atoms with E-state index < -0.39 is 0 Å². The summed E-state index contributed by atoms with van der Waals surface area (Å²) in [5, 5.41) is 7.67. The predicted octanol–water partition coefficient (Wildman–Crippen LogP) is 3.84. The van der Waals surface area contributed by atoms with E-state index in [9.17, 15) is 0 Å². The van der Waals surface area contributed by atoms with Crippen molar-refractivity contribution in [3.8, 4) is 11.3 Å². The highest BCUT2D eigenvalue weighted by Gasteiger charge is 2.25. The fraction of sp³-hybridized carbons (Fsp3) is 0.438. The van der Waals surface area contributed by atoms with Crippen LogP contribution in [0.4, 0.5) is 0 Å². The minimum absolute atomic E-state index is 0.553. The number of rotatable bonds is 5. The van der Waals surface area contributed by atoms with E-state index >= 15 is 0 Å². The Kier molecular flexibility index (Phi) is 4.76. The van der Waals surface area contributed by atoms with E-state index in [-0.39, 0.29) is 0 Å². The normalized spacial score (nSPS) is 20.1. The third-order valence-corrected chi connectivity index (χ3v) is 6.19. The standard InChI is InChI=1S/C16H20N2S2/c1-17-13(15-8-5-9-19-15)10-16-18-14(11-20-16)12-6-3-2-4-7-12/h2-4,6-7,11,13,15,17H,5,8-10H2,1H3. The van der Waals surface area contributed by atoms with Gasteiger partial charge in [-0.1, -0.05) is 30.3 Å². The van der Waals surface area contributed by atoms with Crippen LogP contribution in [0.5, 0.6) is 0 Å². The van der Waals surface area contributed by atoms with Gasteiger partial charge in [0.25, 0.3) is 0 Å². The number of likely N-dealkylation sites (N-methyl/N-ethyl adjacent to an activating group) is 1. The molecule has 1 aliphatic rings. The SMILES string of the molecule is CNC(Cc1nc(-c2ccccc2)cs1)C1CCCS1. The van der Waals surface area contributed by atoms with Gasteiger partial charge in [-0.3, -0.25) is 0 Å². The molecule has 2 unspecified atom stereocenters. The number of aromatic nitrogens is 1. The first kappa shape index (κ1) is 14.1. The van der Waals surface area contributed by atoms with Crippen LogP contribution in [-0.2, 0) is 6.42 Å². The van der Waals surface area contributed by atoms with Crippen LogP contribution >= 0.6 is 23.1 Å². The molecule has 20 heavy (non-hydrogen) atoms. The summed E-state index contributed by atoms with van der Waals surface area (Å²) < 4.78 is 0. The quantitative estimate of drug-likeness (QED) is 0.908. The second-order valence-electron chi connectivity index (χ2n) is 5.14. The second kappa shape index (κ2) is 6.74. The Bertz CT molecular complexity index is 532. The van der Waals surface area contributed by atoms with E-state index in [1.165, 1.54) is 29.2 Å². The monoisotopic (exact) mass is 304 g/mol. The topological polar surface area (TPSA) is 24.9 Å². The molecule has 1 N–H and O–H groups in total. The number of thiazole rings is 1. The molecule has 2 atom stereocenters. The van der Waals surface area contributed by atoms with Crippen molar-refractivity contribution in [2.24, 2.45) is 0 Å². The first-order valence-electron chi connectivity index (χ1n) is 7.15. The predicted molar refractivity (Wildman–Crippen MR) is 89.6 cm³/mol. The first-order chi connectivity index (χ1) is 9.86. The fourth-order valence-electron chi connectivity index (χ4n) is 2.67. The molecule has 106 valence electrons. The lowest BCUT2D eigenvalue weighted by Gasteiger charge is -2.21. The summed E-state index contributed by atoms with van der Waals surface area (Å²) >= 11 is 3.90. The van der Waals surface area contributed by atoms with E-state index in [0.29, 0.717) is 6.04 Å². The van der Waals surface area contributed by atoms with Gasteiger partial charge in [-0.25, -0.2) is 4.98 Å². The highest BCUT2D eigenvalue weighted by atomic mass is 32.2. The molecule has 3 rings (SSSR count). The molecule has 4 heteroatoms. The van der Waals surface area contributed by atoms with Crippen LogP contribution in [0, 0.1) is 0 Å². The summed E-state index contributed by atoms with van der Waals surface area (Å²) in [5.41, 5.74) is 2.32. The molecule has 1 aromatic carbocycles. The van der Waals surface area contributed by atoms with Crippen molar-refractivity contribution in [2.45, 2.75) is 30.6 Å². The average Bonchev–Trinajstić information content (AvgIpc) is 3.17. The minimum Gasteiger partial charge on any atom is -0.315 e. The maximum absolute atomic E-state index is 4.81. The van der Waals surface area contributed by atoms with E-state index in [0.717, 1.165) is 17.4 Å². The van der Waals surface area contributed by atoms with Crippen LogP contribution in [-0.4, -0.2) is 29.1 Å². The van der Waals surface area contributed by atoms with Crippen molar-refractivity contribution in [3.05, 3.63) is 40.7 Å². The number of hydrogen-bond donors (Lipinski definition) is 1. The number of thioether (sulfide) groups is 1. The van der Waals surface area contributed by atoms with E-state index in [1.54, 1.807) is 11.3 Å². The molecule has 0 bridgehead atoms. The number of nitrogens with zero attached hydrogens (tertiary/aromatic N) is 1. The van der Waals surface area contributed by atoms with Gasteiger partial charge in [-0.15, -0.1) is 11.3 Å². The van der Waals surface area contributed by atoms with Crippen molar-refractivity contribution in [1.29, 1.82) is 0 Å². The van der Waals surface area contributed by atoms with Crippen molar-refractivity contribution >= 4 is 23.1 Å². The van der Waals surface area contributed by atoms with Crippen molar-refractivity contribution in [3.63, 3.8) is 0 Å². The Morgan fingerprint density at radius 3 is 2.90 bits per heavy atom. The molecular formula is C16H20N2S2. The van der Waals surface area contributed by atoms with Crippen molar-refractivity contribution in [1.82, 2.24) is 10.3 Å². The highest BCUT2D eigenvalue weighted by molar-refractivity contribution is 8.00. The Morgan fingerprint density at radius 1 is 1.35 bits per heavy atom. The van der Waals surface area contributed by atoms with Crippen LogP contribution in [0.25, 0.3) is 11.3 Å². The first-order valence-corrected chi connectivity index (χ1v) is 9.08. The smallest absolute Gasteiger partial charge is 0.0948 e. The summed E-state index contributed by atoms with van der Waals surface area (Å²) in [4.78, 5) is 4.81. The summed E-state index contributed by atoms with van der Waals surface area (Å²) in [5.74, 6) is 1.32. The molecular weight excluding hydrogens is 284 g/mol. The van der Waals surface area contributed by atoms with Crippen molar-refractivity contribution < 1.29 is 0 Å². The van der Waals surface area contributed by atoms with Crippen LogP contribution in [0.3, 0.4) is 0 Å². The van der Waals surface area contributed by atoms with Crippen LogP contribution in [0.1, 0.15) is 17.8 Å². The largest absolute Gasteiger partial charge is 0.315 e. The molecule has 2 aromatic rings. The second-order valence-corrected chi connectivity index (χ2v) is 7.43. The molecule has 1 saturated heterocycles. The zero-order chi connectivity index (χ0) is 13.8. The Labute approximate surface area is 129 Å². The Hall–Kier alpha value is -0.840. The molecule has 0 saturated carbocycles.